The molecular weight excluding hydrogens is 612 g/mol. The van der Waals surface area contributed by atoms with E-state index in [0.29, 0.717) is 41.2 Å². The third-order valence-corrected chi connectivity index (χ3v) is 9.52. The van der Waals surface area contributed by atoms with Crippen molar-refractivity contribution in [1.29, 1.82) is 0 Å². The summed E-state index contributed by atoms with van der Waals surface area (Å²) in [5.41, 5.74) is 1.66. The second kappa shape index (κ2) is 14.6. The van der Waals surface area contributed by atoms with Crippen molar-refractivity contribution in [2.75, 3.05) is 26.5 Å². The monoisotopic (exact) mass is 647 g/mol. The van der Waals surface area contributed by atoms with Crippen LogP contribution in [0.2, 0.25) is 5.02 Å². The zero-order chi connectivity index (χ0) is 32.0. The Morgan fingerprint density at radius 1 is 1.07 bits per heavy atom. The van der Waals surface area contributed by atoms with Gasteiger partial charge in [0.15, 0.2) is 5.78 Å². The maximum atomic E-state index is 15.3. The number of ketones is 1. The molecular formula is C32H36ClF2N3O5S. The Bertz CT molecular complexity index is 1560. The number of carbonyl (C=O) groups is 2. The van der Waals surface area contributed by atoms with Crippen molar-refractivity contribution in [3.8, 4) is 0 Å². The molecule has 4 atom stereocenters. The summed E-state index contributed by atoms with van der Waals surface area (Å²) in [5.74, 6) is -2.37. The molecule has 12 heteroatoms. The minimum atomic E-state index is -3.50. The van der Waals surface area contributed by atoms with Crippen molar-refractivity contribution >= 4 is 33.5 Å². The second-order valence-corrected chi connectivity index (χ2v) is 13.3. The molecule has 1 amide bonds. The fourth-order valence-corrected chi connectivity index (χ4v) is 7.64. The molecule has 1 aliphatic rings. The van der Waals surface area contributed by atoms with Crippen molar-refractivity contribution in [3.05, 3.63) is 106 Å². The molecule has 1 saturated heterocycles. The van der Waals surface area contributed by atoms with Gasteiger partial charge in [0.25, 0.3) is 0 Å². The standard InChI is InChI=1S/C32H36ClF2N3O5S/c1-20-18-36-19-26(38(20)44(3,41)42)13-14-27-21(7-6-12-28(27)35)17-29(39)31(37-32(40)43-2)30(22-8-4-10-24(33)15-22)23-9-5-11-25(34)16-23/h4-12,15-16,20,26,30-31,36H,13-14,17-19H2,1-3H3,(H,37,40)/t20-,26+,30+,31-/m1/s1. The normalized spacial score (nSPS) is 18.8. The largest absolute Gasteiger partial charge is 0.453 e. The van der Waals surface area contributed by atoms with Crippen LogP contribution in [0.15, 0.2) is 66.7 Å². The fraction of sp³-hybridized carbons (Fsp3) is 0.375. The molecule has 2 N–H and O–H groups in total. The van der Waals surface area contributed by atoms with E-state index in [-0.39, 0.29) is 24.4 Å². The number of benzene rings is 3. The minimum absolute atomic E-state index is 0.178. The van der Waals surface area contributed by atoms with Gasteiger partial charge < -0.3 is 15.4 Å². The highest BCUT2D eigenvalue weighted by Gasteiger charge is 2.36. The van der Waals surface area contributed by atoms with Crippen LogP contribution in [0.5, 0.6) is 0 Å². The zero-order valence-electron chi connectivity index (χ0n) is 24.7. The van der Waals surface area contributed by atoms with Crippen LogP contribution in [0.4, 0.5) is 13.6 Å². The van der Waals surface area contributed by atoms with Crippen LogP contribution in [-0.2, 0) is 32.4 Å². The number of hydrogen-bond acceptors (Lipinski definition) is 6. The lowest BCUT2D eigenvalue weighted by atomic mass is 9.81. The van der Waals surface area contributed by atoms with Crippen molar-refractivity contribution in [2.45, 2.75) is 50.2 Å². The van der Waals surface area contributed by atoms with E-state index in [1.54, 1.807) is 36.4 Å². The summed E-state index contributed by atoms with van der Waals surface area (Å²) in [7, 11) is -2.34. The molecule has 0 bridgehead atoms. The molecule has 0 saturated carbocycles. The number of rotatable bonds is 11. The lowest BCUT2D eigenvalue weighted by molar-refractivity contribution is -0.120. The summed E-state index contributed by atoms with van der Waals surface area (Å²) >= 11 is 6.28. The number of Topliss-reactive ketones (excluding diaryl/α,β-unsaturated/α-hetero) is 1. The van der Waals surface area contributed by atoms with E-state index in [2.05, 4.69) is 10.6 Å². The van der Waals surface area contributed by atoms with E-state index in [9.17, 15) is 22.4 Å². The van der Waals surface area contributed by atoms with Gasteiger partial charge in [-0.2, -0.15) is 4.31 Å². The first kappa shape index (κ1) is 33.5. The van der Waals surface area contributed by atoms with Crippen molar-refractivity contribution in [3.63, 3.8) is 0 Å². The van der Waals surface area contributed by atoms with E-state index in [1.807, 2.05) is 6.92 Å². The quantitative estimate of drug-likeness (QED) is 0.309. The summed E-state index contributed by atoms with van der Waals surface area (Å²) in [6.45, 7) is 2.74. The van der Waals surface area contributed by atoms with Gasteiger partial charge in [0.1, 0.15) is 17.7 Å². The molecule has 1 heterocycles. The van der Waals surface area contributed by atoms with Gasteiger partial charge in [0.2, 0.25) is 10.0 Å². The number of halogens is 3. The Labute approximate surface area is 261 Å². The number of amides is 1. The predicted octanol–water partition coefficient (Wildman–Crippen LogP) is 4.84. The van der Waals surface area contributed by atoms with Crippen LogP contribution in [0.3, 0.4) is 0 Å². The molecule has 44 heavy (non-hydrogen) atoms. The molecule has 3 aromatic carbocycles. The van der Waals surface area contributed by atoms with Crippen LogP contribution < -0.4 is 10.6 Å². The van der Waals surface area contributed by atoms with Crippen LogP contribution >= 0.6 is 11.6 Å². The number of alkyl carbamates (subject to hydrolysis) is 1. The molecule has 0 radical (unpaired) electrons. The Kier molecular flexibility index (Phi) is 11.1. The molecule has 1 aliphatic heterocycles. The Hall–Kier alpha value is -3.38. The van der Waals surface area contributed by atoms with Crippen molar-refractivity contribution in [1.82, 2.24) is 14.9 Å². The SMILES string of the molecule is COC(=O)N[C@H](C(=O)Cc1cccc(F)c1CC[C@H]1CNC[C@@H](C)N1S(C)(=O)=O)[C@H](c1cccc(F)c1)c1cccc(Cl)c1. The Balaban J connectivity index is 1.68. The highest BCUT2D eigenvalue weighted by atomic mass is 35.5. The average molecular weight is 648 g/mol. The van der Waals surface area contributed by atoms with Crippen molar-refractivity contribution < 1.29 is 31.5 Å². The van der Waals surface area contributed by atoms with E-state index >= 15 is 4.39 Å². The zero-order valence-corrected chi connectivity index (χ0v) is 26.3. The van der Waals surface area contributed by atoms with E-state index in [4.69, 9.17) is 16.3 Å². The van der Waals surface area contributed by atoms with Gasteiger partial charge >= 0.3 is 6.09 Å². The molecule has 0 spiro atoms. The van der Waals surface area contributed by atoms with Gasteiger partial charge in [-0.15, -0.1) is 0 Å². The van der Waals surface area contributed by atoms with E-state index < -0.39 is 51.5 Å². The van der Waals surface area contributed by atoms with Gasteiger partial charge in [-0.05, 0) is 72.4 Å². The first-order valence-electron chi connectivity index (χ1n) is 14.2. The van der Waals surface area contributed by atoms with Gasteiger partial charge in [0.05, 0.1) is 13.4 Å². The number of carbonyl (C=O) groups excluding carboxylic acids is 2. The molecule has 1 fully saturated rings. The number of piperazine rings is 1. The summed E-state index contributed by atoms with van der Waals surface area (Å²) in [4.78, 5) is 26.6. The van der Waals surface area contributed by atoms with E-state index in [0.717, 1.165) is 0 Å². The maximum Gasteiger partial charge on any atom is 0.407 e. The second-order valence-electron chi connectivity index (χ2n) is 11.0. The maximum absolute atomic E-state index is 15.3. The van der Waals surface area contributed by atoms with E-state index in [1.165, 1.54) is 48.0 Å². The minimum Gasteiger partial charge on any atom is -0.453 e. The molecule has 0 aliphatic carbocycles. The lowest BCUT2D eigenvalue weighted by Gasteiger charge is -2.39. The molecule has 8 nitrogen and oxygen atoms in total. The predicted molar refractivity (Wildman–Crippen MR) is 165 cm³/mol. The van der Waals surface area contributed by atoms with Crippen LogP contribution in [0.25, 0.3) is 0 Å². The fourth-order valence-electron chi connectivity index (χ4n) is 6.00. The third-order valence-electron chi connectivity index (χ3n) is 7.86. The first-order chi connectivity index (χ1) is 20.9. The van der Waals surface area contributed by atoms with Gasteiger partial charge in [-0.25, -0.2) is 22.0 Å². The highest BCUT2D eigenvalue weighted by molar-refractivity contribution is 7.88. The van der Waals surface area contributed by atoms with Gasteiger partial charge in [0, 0.05) is 42.5 Å². The van der Waals surface area contributed by atoms with Gasteiger partial charge in [-0.3, -0.25) is 4.79 Å². The summed E-state index contributed by atoms with van der Waals surface area (Å²) in [5, 5.41) is 6.23. The Morgan fingerprint density at radius 3 is 2.41 bits per heavy atom. The third kappa shape index (κ3) is 8.20. The average Bonchev–Trinajstić information content (AvgIpc) is 2.96. The number of nitrogens with one attached hydrogen (secondary N) is 2. The molecule has 0 aromatic heterocycles. The number of methoxy groups -OCH3 is 1. The number of hydrogen-bond donors (Lipinski definition) is 2. The van der Waals surface area contributed by atoms with Crippen molar-refractivity contribution in [2.24, 2.45) is 0 Å². The number of nitrogens with zero attached hydrogens (tertiary/aromatic N) is 1. The summed E-state index contributed by atoms with van der Waals surface area (Å²) in [6, 6.07) is 15.0. The number of ether oxygens (including phenoxy) is 1. The summed E-state index contributed by atoms with van der Waals surface area (Å²) in [6.07, 6.45) is 0.537. The topological polar surface area (TPSA) is 105 Å². The molecule has 3 aromatic rings. The van der Waals surface area contributed by atoms with Crippen LogP contribution in [-0.4, -0.2) is 69.2 Å². The van der Waals surface area contributed by atoms with Gasteiger partial charge in [-0.1, -0.05) is 48.0 Å². The molecule has 4 rings (SSSR count). The first-order valence-corrected chi connectivity index (χ1v) is 16.4. The number of sulfonamides is 1. The molecule has 0 unspecified atom stereocenters. The lowest BCUT2D eigenvalue weighted by Crippen LogP contribution is -2.58. The van der Waals surface area contributed by atoms with Crippen LogP contribution in [0.1, 0.15) is 41.5 Å². The smallest absolute Gasteiger partial charge is 0.407 e. The highest BCUT2D eigenvalue weighted by Crippen LogP contribution is 2.32. The van der Waals surface area contributed by atoms with Crippen LogP contribution in [0, 0.1) is 11.6 Å². The summed E-state index contributed by atoms with van der Waals surface area (Å²) < 4.78 is 61.1. The molecule has 236 valence electrons. The Morgan fingerprint density at radius 2 is 1.75 bits per heavy atom.